The molecule has 0 saturated carbocycles. The number of carbonyl (C=O) groups is 1. The molecule has 0 aliphatic heterocycles. The van der Waals surface area contributed by atoms with Gasteiger partial charge in [0.05, 0.1) is 0 Å². The molecule has 0 saturated heterocycles. The molecular formula is C6CuF11O2. The molecule has 0 aliphatic rings. The first-order valence-electron chi connectivity index (χ1n) is 3.74. The van der Waals surface area contributed by atoms with Gasteiger partial charge in [-0.25, -0.2) is 0 Å². The molecule has 2 nitrogen and oxygen atoms in total. The summed E-state index contributed by atoms with van der Waals surface area (Å²) in [5.41, 5.74) is 0. The summed E-state index contributed by atoms with van der Waals surface area (Å²) in [7, 11) is 0. The summed E-state index contributed by atoms with van der Waals surface area (Å²) in [5.74, 6) is -34.1. The Labute approximate surface area is 112 Å². The van der Waals surface area contributed by atoms with Gasteiger partial charge in [-0.2, -0.15) is 48.3 Å². The molecular weight excluding hydrogens is 377 g/mol. The number of carboxylic acids is 1. The summed E-state index contributed by atoms with van der Waals surface area (Å²) in [6, 6.07) is 0. The Balaban J connectivity index is 0. The molecule has 0 aromatic carbocycles. The van der Waals surface area contributed by atoms with E-state index in [0.717, 1.165) is 0 Å². The number of aliphatic carboxylic acids is 1. The number of alkyl halides is 11. The van der Waals surface area contributed by atoms with Crippen LogP contribution < -0.4 is 5.11 Å². The van der Waals surface area contributed by atoms with Gasteiger partial charge in [0.2, 0.25) is 0 Å². The van der Waals surface area contributed by atoms with Crippen molar-refractivity contribution >= 4 is 5.97 Å². The number of hydrogen-bond donors (Lipinski definition) is 0. The van der Waals surface area contributed by atoms with E-state index in [-0.39, 0.29) is 17.1 Å². The van der Waals surface area contributed by atoms with Crippen LogP contribution in [0.3, 0.4) is 0 Å². The second kappa shape index (κ2) is 5.20. The molecule has 0 bridgehead atoms. The van der Waals surface area contributed by atoms with Crippen molar-refractivity contribution in [3.8, 4) is 0 Å². The van der Waals surface area contributed by atoms with E-state index in [9.17, 15) is 58.2 Å². The second-order valence-electron chi connectivity index (χ2n) is 3.08. The zero-order valence-corrected chi connectivity index (χ0v) is 9.22. The quantitative estimate of drug-likeness (QED) is 0.555. The van der Waals surface area contributed by atoms with Crippen LogP contribution in [0.5, 0.6) is 0 Å². The van der Waals surface area contributed by atoms with E-state index in [4.69, 9.17) is 0 Å². The van der Waals surface area contributed by atoms with Crippen LogP contribution >= 0.6 is 0 Å². The predicted octanol–water partition coefficient (Wildman–Crippen LogP) is 1.84. The van der Waals surface area contributed by atoms with E-state index in [1.807, 2.05) is 0 Å². The molecule has 0 aromatic rings. The number of rotatable bonds is 4. The zero-order chi connectivity index (χ0) is 16.1. The zero-order valence-electron chi connectivity index (χ0n) is 8.28. The van der Waals surface area contributed by atoms with Gasteiger partial charge in [0.15, 0.2) is 0 Å². The summed E-state index contributed by atoms with van der Waals surface area (Å²) in [6.07, 6.45) is -7.32. The first-order valence-corrected chi connectivity index (χ1v) is 3.74. The molecule has 0 aromatic heterocycles. The summed E-state index contributed by atoms with van der Waals surface area (Å²) >= 11 is 0. The van der Waals surface area contributed by atoms with Gasteiger partial charge >= 0.3 is 46.9 Å². The van der Waals surface area contributed by atoms with E-state index in [1.165, 1.54) is 0 Å². The minimum Gasteiger partial charge on any atom is -0.544 e. The van der Waals surface area contributed by atoms with Crippen molar-refractivity contribution in [3.63, 3.8) is 0 Å². The topological polar surface area (TPSA) is 40.1 Å². The van der Waals surface area contributed by atoms with Gasteiger partial charge in [0.1, 0.15) is 5.97 Å². The molecule has 0 rings (SSSR count). The molecule has 20 heavy (non-hydrogen) atoms. The van der Waals surface area contributed by atoms with E-state index in [1.54, 1.807) is 0 Å². The summed E-state index contributed by atoms with van der Waals surface area (Å²) in [6.45, 7) is 0. The third-order valence-corrected chi connectivity index (χ3v) is 1.80. The van der Waals surface area contributed by atoms with E-state index >= 15 is 0 Å². The van der Waals surface area contributed by atoms with Gasteiger partial charge in [-0.05, 0) is 0 Å². The molecule has 0 fully saturated rings. The fraction of sp³-hybridized carbons (Fsp3) is 0.833. The Bertz CT molecular complexity index is 374. The average molecular weight is 377 g/mol. The maximum Gasteiger partial charge on any atom is 1.00 e. The Morgan fingerprint density at radius 2 is 0.950 bits per heavy atom. The van der Waals surface area contributed by atoms with Crippen molar-refractivity contribution in [2.45, 2.75) is 29.9 Å². The van der Waals surface area contributed by atoms with E-state index in [0.29, 0.717) is 0 Å². The Morgan fingerprint density at radius 3 is 1.15 bits per heavy atom. The first-order chi connectivity index (χ1) is 7.94. The number of hydrogen-bond acceptors (Lipinski definition) is 2. The van der Waals surface area contributed by atoms with E-state index in [2.05, 4.69) is 0 Å². The number of carbonyl (C=O) groups excluding carboxylic acids is 1. The third kappa shape index (κ3) is 2.67. The normalized spacial score (nSPS) is 14.8. The van der Waals surface area contributed by atoms with Crippen LogP contribution in [0.2, 0.25) is 0 Å². The van der Waals surface area contributed by atoms with Gasteiger partial charge in [-0.15, -0.1) is 0 Å². The molecule has 0 spiro atoms. The average Bonchev–Trinajstić information content (AvgIpc) is 2.14. The summed E-state index contributed by atoms with van der Waals surface area (Å²) in [5, 5.41) is 9.49. The molecule has 0 heterocycles. The van der Waals surface area contributed by atoms with E-state index < -0.39 is 35.8 Å². The van der Waals surface area contributed by atoms with Crippen molar-refractivity contribution in [3.05, 3.63) is 0 Å². The van der Waals surface area contributed by atoms with Crippen LogP contribution in [0.15, 0.2) is 0 Å². The number of carboxylic acid groups (broad SMARTS) is 1. The van der Waals surface area contributed by atoms with Crippen LogP contribution in [-0.4, -0.2) is 35.8 Å². The maximum atomic E-state index is 12.4. The SMILES string of the molecule is O=C([O-])C(F)(F)C(F)(F)C(F)(F)C(F)(F)C(F)(F)F.[Cu+]. The maximum absolute atomic E-state index is 12.4. The monoisotopic (exact) mass is 376 g/mol. The molecule has 0 atom stereocenters. The Morgan fingerprint density at radius 1 is 0.650 bits per heavy atom. The van der Waals surface area contributed by atoms with Crippen molar-refractivity contribution in [1.82, 2.24) is 0 Å². The molecule has 14 heteroatoms. The van der Waals surface area contributed by atoms with Crippen LogP contribution in [0.25, 0.3) is 0 Å². The van der Waals surface area contributed by atoms with Crippen molar-refractivity contribution in [2.75, 3.05) is 0 Å². The van der Waals surface area contributed by atoms with Crippen molar-refractivity contribution in [1.29, 1.82) is 0 Å². The second-order valence-corrected chi connectivity index (χ2v) is 3.08. The van der Waals surface area contributed by atoms with Gasteiger partial charge in [0, 0.05) is 0 Å². The third-order valence-electron chi connectivity index (χ3n) is 1.80. The molecule has 124 valence electrons. The Hall–Kier alpha value is -0.781. The molecule has 0 unspecified atom stereocenters. The van der Waals surface area contributed by atoms with Crippen LogP contribution in [0.4, 0.5) is 48.3 Å². The van der Waals surface area contributed by atoms with Gasteiger partial charge in [-0.1, -0.05) is 0 Å². The predicted molar refractivity (Wildman–Crippen MR) is 30.9 cm³/mol. The standard InChI is InChI=1S/C6HF11O2.Cu/c7-2(8,1(18)19)3(9,10)4(11,12)5(13,14)6(15,16)17;/h(H,18,19);/q;+1/p-1. The van der Waals surface area contributed by atoms with Crippen LogP contribution in [-0.2, 0) is 21.9 Å². The van der Waals surface area contributed by atoms with Crippen molar-refractivity contribution in [2.24, 2.45) is 0 Å². The van der Waals surface area contributed by atoms with Gasteiger partial charge in [-0.3, -0.25) is 0 Å². The molecule has 0 radical (unpaired) electrons. The fourth-order valence-corrected chi connectivity index (χ4v) is 0.701. The fourth-order valence-electron chi connectivity index (χ4n) is 0.701. The molecule has 0 N–H and O–H groups in total. The minimum absolute atomic E-state index is 0. The largest absolute Gasteiger partial charge is 1.00 e. The summed E-state index contributed by atoms with van der Waals surface area (Å²) in [4.78, 5) is 9.49. The van der Waals surface area contributed by atoms with Gasteiger partial charge < -0.3 is 9.90 Å². The number of halogens is 11. The van der Waals surface area contributed by atoms with Gasteiger partial charge in [0.25, 0.3) is 0 Å². The minimum atomic E-state index is -7.72. The Kier molecular flexibility index (Phi) is 5.60. The smallest absolute Gasteiger partial charge is 0.544 e. The first kappa shape index (κ1) is 21.5. The molecule has 0 amide bonds. The van der Waals surface area contributed by atoms with Crippen molar-refractivity contribution < 1.29 is 75.3 Å². The summed E-state index contributed by atoms with van der Waals surface area (Å²) < 4.78 is 132. The molecule has 0 aliphatic carbocycles. The van der Waals surface area contributed by atoms with Crippen LogP contribution in [0, 0.1) is 0 Å². The van der Waals surface area contributed by atoms with Crippen LogP contribution in [0.1, 0.15) is 0 Å².